The zero-order valence-electron chi connectivity index (χ0n) is 15.4. The minimum absolute atomic E-state index is 0.146. The van der Waals surface area contributed by atoms with Crippen molar-refractivity contribution < 1.29 is 14.1 Å². The first-order valence-electron chi connectivity index (χ1n) is 8.54. The topological polar surface area (TPSA) is 68.5 Å². The van der Waals surface area contributed by atoms with Crippen LogP contribution in [0.2, 0.25) is 0 Å². The molecule has 0 aliphatic rings. The lowest BCUT2D eigenvalue weighted by molar-refractivity contribution is 0.0745. The number of hydrogen-bond donors (Lipinski definition) is 0. The molecule has 0 unspecified atom stereocenters. The molecule has 0 aliphatic carbocycles. The van der Waals surface area contributed by atoms with Crippen molar-refractivity contribution >= 4 is 5.91 Å². The smallest absolute Gasteiger partial charge is 0.254 e. The molecule has 6 nitrogen and oxygen atoms in total. The van der Waals surface area contributed by atoms with Gasteiger partial charge in [0.15, 0.2) is 0 Å². The molecule has 3 rings (SSSR count). The fourth-order valence-corrected chi connectivity index (χ4v) is 2.59. The summed E-state index contributed by atoms with van der Waals surface area (Å²) in [7, 11) is 1.59. The number of nitrogens with zero attached hydrogens (tertiary/aromatic N) is 3. The van der Waals surface area contributed by atoms with E-state index in [0.717, 1.165) is 11.1 Å². The molecule has 0 radical (unpaired) electrons. The zero-order valence-corrected chi connectivity index (χ0v) is 15.4. The normalized spacial score (nSPS) is 10.4. The van der Waals surface area contributed by atoms with Crippen molar-refractivity contribution in [2.24, 2.45) is 0 Å². The minimum Gasteiger partial charge on any atom is -0.497 e. The van der Waals surface area contributed by atoms with Gasteiger partial charge in [0.1, 0.15) is 12.3 Å². The van der Waals surface area contributed by atoms with Crippen molar-refractivity contribution in [1.82, 2.24) is 15.0 Å². The number of amides is 1. The molecule has 1 heterocycles. The summed E-state index contributed by atoms with van der Waals surface area (Å²) in [5, 5.41) is 4.02. The number of carbonyl (C=O) groups excluding carboxylic acids is 1. The Morgan fingerprint density at radius 3 is 2.52 bits per heavy atom. The monoisotopic (exact) mass is 363 g/mol. The molecule has 0 saturated carbocycles. The molecule has 27 heavy (non-hydrogen) atoms. The Balaban J connectivity index is 1.76. The lowest BCUT2D eigenvalue weighted by Gasteiger charge is -2.19. The molecule has 2 aromatic carbocycles. The third-order valence-electron chi connectivity index (χ3n) is 4.08. The van der Waals surface area contributed by atoms with E-state index in [-0.39, 0.29) is 12.5 Å². The molecule has 0 bridgehead atoms. The quantitative estimate of drug-likeness (QED) is 0.596. The van der Waals surface area contributed by atoms with Gasteiger partial charge < -0.3 is 14.2 Å². The first-order valence-corrected chi connectivity index (χ1v) is 8.54. The highest BCUT2D eigenvalue weighted by atomic mass is 16.5. The lowest BCUT2D eigenvalue weighted by atomic mass is 10.1. The minimum atomic E-state index is -0.146. The molecule has 138 valence electrons. The molecule has 3 aromatic rings. The van der Waals surface area contributed by atoms with Gasteiger partial charge in [0, 0.05) is 17.7 Å². The summed E-state index contributed by atoms with van der Waals surface area (Å²) in [6.07, 6.45) is 1.67. The molecule has 0 spiro atoms. The van der Waals surface area contributed by atoms with Gasteiger partial charge in [-0.2, -0.15) is 4.98 Å². The summed E-state index contributed by atoms with van der Waals surface area (Å²) in [5.41, 5.74) is 2.58. The Kier molecular flexibility index (Phi) is 5.66. The lowest BCUT2D eigenvalue weighted by Crippen LogP contribution is -2.30. The van der Waals surface area contributed by atoms with Crippen LogP contribution in [-0.2, 0) is 6.54 Å². The van der Waals surface area contributed by atoms with Crippen LogP contribution in [0.1, 0.15) is 21.8 Å². The van der Waals surface area contributed by atoms with Crippen LogP contribution in [0.5, 0.6) is 5.75 Å². The summed E-state index contributed by atoms with van der Waals surface area (Å²) < 4.78 is 10.5. The van der Waals surface area contributed by atoms with Crippen molar-refractivity contribution in [2.75, 3.05) is 13.7 Å². The standard InChI is InChI=1S/C21H21N3O3/c1-4-13-24(21(25)17-9-11-18(26-3)12-10-17)14-19-22-20(23-27-19)16-7-5-15(2)6-8-16/h4-12H,1,13-14H2,2-3H3. The van der Waals surface area contributed by atoms with E-state index < -0.39 is 0 Å². The molecule has 1 amide bonds. The van der Waals surface area contributed by atoms with Crippen LogP contribution in [0, 0.1) is 6.92 Å². The molecule has 0 atom stereocenters. The van der Waals surface area contributed by atoms with Crippen LogP contribution in [0.25, 0.3) is 11.4 Å². The zero-order chi connectivity index (χ0) is 19.2. The van der Waals surface area contributed by atoms with E-state index >= 15 is 0 Å². The van der Waals surface area contributed by atoms with E-state index in [1.54, 1.807) is 42.4 Å². The molecule has 0 fully saturated rings. The van der Waals surface area contributed by atoms with Crippen LogP contribution in [0.4, 0.5) is 0 Å². The molecular formula is C21H21N3O3. The number of ether oxygens (including phenoxy) is 1. The highest BCUT2D eigenvalue weighted by Crippen LogP contribution is 2.18. The number of hydrogen-bond acceptors (Lipinski definition) is 5. The number of aromatic nitrogens is 2. The number of aryl methyl sites for hydroxylation is 1. The second-order valence-electron chi connectivity index (χ2n) is 6.08. The Bertz CT molecular complexity index is 915. The average Bonchev–Trinajstić information content (AvgIpc) is 3.16. The summed E-state index contributed by atoms with van der Waals surface area (Å²) in [6, 6.07) is 14.8. The third-order valence-corrected chi connectivity index (χ3v) is 4.08. The van der Waals surface area contributed by atoms with Crippen molar-refractivity contribution in [2.45, 2.75) is 13.5 Å². The van der Waals surface area contributed by atoms with E-state index in [1.165, 1.54) is 0 Å². The Hall–Kier alpha value is -3.41. The van der Waals surface area contributed by atoms with Crippen molar-refractivity contribution in [1.29, 1.82) is 0 Å². The highest BCUT2D eigenvalue weighted by molar-refractivity contribution is 5.94. The van der Waals surface area contributed by atoms with Crippen molar-refractivity contribution in [3.05, 3.63) is 78.2 Å². The first kappa shape index (κ1) is 18.4. The van der Waals surface area contributed by atoms with Gasteiger partial charge in [-0.05, 0) is 31.2 Å². The van der Waals surface area contributed by atoms with Crippen molar-refractivity contribution in [3.63, 3.8) is 0 Å². The van der Waals surface area contributed by atoms with Crippen molar-refractivity contribution in [3.8, 4) is 17.1 Å². The molecule has 0 saturated heterocycles. The van der Waals surface area contributed by atoms with Gasteiger partial charge in [0.05, 0.1) is 7.11 Å². The summed E-state index contributed by atoms with van der Waals surface area (Å²) >= 11 is 0. The average molecular weight is 363 g/mol. The molecule has 1 aromatic heterocycles. The summed E-state index contributed by atoms with van der Waals surface area (Å²) in [6.45, 7) is 6.32. The van der Waals surface area contributed by atoms with Crippen LogP contribution >= 0.6 is 0 Å². The Morgan fingerprint density at radius 2 is 1.89 bits per heavy atom. The van der Waals surface area contributed by atoms with E-state index in [4.69, 9.17) is 9.26 Å². The highest BCUT2D eigenvalue weighted by Gasteiger charge is 2.19. The van der Waals surface area contributed by atoms with Crippen LogP contribution in [0.3, 0.4) is 0 Å². The maximum absolute atomic E-state index is 12.8. The van der Waals surface area contributed by atoms with Gasteiger partial charge in [0.2, 0.25) is 11.7 Å². The second kappa shape index (κ2) is 8.31. The van der Waals surface area contributed by atoms with Gasteiger partial charge in [-0.15, -0.1) is 6.58 Å². The first-order chi connectivity index (χ1) is 13.1. The fraction of sp³-hybridized carbons (Fsp3) is 0.190. The largest absolute Gasteiger partial charge is 0.497 e. The molecule has 6 heteroatoms. The number of benzene rings is 2. The predicted molar refractivity (Wildman–Crippen MR) is 102 cm³/mol. The maximum Gasteiger partial charge on any atom is 0.254 e. The van der Waals surface area contributed by atoms with Gasteiger partial charge in [-0.25, -0.2) is 0 Å². The SMILES string of the molecule is C=CCN(Cc1nc(-c2ccc(C)cc2)no1)C(=O)c1ccc(OC)cc1. The Labute approximate surface area is 158 Å². The molecule has 0 N–H and O–H groups in total. The number of carbonyl (C=O) groups is 1. The molecule has 0 aliphatic heterocycles. The summed E-state index contributed by atoms with van der Waals surface area (Å²) in [5.74, 6) is 1.42. The third kappa shape index (κ3) is 4.41. The van der Waals surface area contributed by atoms with E-state index in [0.29, 0.717) is 29.6 Å². The van der Waals surface area contributed by atoms with Gasteiger partial charge in [0.25, 0.3) is 5.91 Å². The van der Waals surface area contributed by atoms with Gasteiger partial charge >= 0.3 is 0 Å². The number of methoxy groups -OCH3 is 1. The maximum atomic E-state index is 12.8. The van der Waals surface area contributed by atoms with E-state index in [1.807, 2.05) is 31.2 Å². The fourth-order valence-electron chi connectivity index (χ4n) is 2.59. The summed E-state index contributed by atoms with van der Waals surface area (Å²) in [4.78, 5) is 18.8. The number of rotatable bonds is 7. The van der Waals surface area contributed by atoms with E-state index in [2.05, 4.69) is 16.7 Å². The van der Waals surface area contributed by atoms with Gasteiger partial charge in [-0.3, -0.25) is 4.79 Å². The van der Waals surface area contributed by atoms with Crippen LogP contribution < -0.4 is 4.74 Å². The van der Waals surface area contributed by atoms with Crippen LogP contribution in [0.15, 0.2) is 65.7 Å². The van der Waals surface area contributed by atoms with Gasteiger partial charge in [-0.1, -0.05) is 41.1 Å². The second-order valence-corrected chi connectivity index (χ2v) is 6.08. The van der Waals surface area contributed by atoms with E-state index in [9.17, 15) is 4.79 Å². The molecular weight excluding hydrogens is 342 g/mol. The Morgan fingerprint density at radius 1 is 1.19 bits per heavy atom. The van der Waals surface area contributed by atoms with Crippen LogP contribution in [-0.4, -0.2) is 34.6 Å². The predicted octanol–water partition coefficient (Wildman–Crippen LogP) is 3.88.